The Balaban J connectivity index is 2.51. The highest BCUT2D eigenvalue weighted by atomic mass is 35.5. The highest BCUT2D eigenvalue weighted by molar-refractivity contribution is 6.31. The van der Waals surface area contributed by atoms with Crippen LogP contribution in [-0.4, -0.2) is 0 Å². The molecule has 1 unspecified atom stereocenters. The molecule has 2 aromatic carbocycles. The topological polar surface area (TPSA) is 0 Å². The van der Waals surface area contributed by atoms with Crippen LogP contribution in [-0.2, 0) is 12.8 Å². The first-order valence-electron chi connectivity index (χ1n) is 6.77. The molecular weight excluding hydrogens is 294 g/mol. The van der Waals surface area contributed by atoms with Crippen molar-refractivity contribution in [3.8, 4) is 0 Å². The minimum atomic E-state index is -0.518. The van der Waals surface area contributed by atoms with E-state index in [-0.39, 0.29) is 5.82 Å². The molecule has 0 aromatic heterocycles. The first-order valence-corrected chi connectivity index (χ1v) is 7.59. The summed E-state index contributed by atoms with van der Waals surface area (Å²) in [4.78, 5) is 0. The van der Waals surface area contributed by atoms with E-state index in [0.717, 1.165) is 24.0 Å². The average molecular weight is 311 g/mol. The van der Waals surface area contributed by atoms with Gasteiger partial charge in [0.15, 0.2) is 0 Å². The lowest BCUT2D eigenvalue weighted by molar-refractivity contribution is 0.612. The van der Waals surface area contributed by atoms with Crippen molar-refractivity contribution in [2.45, 2.75) is 32.1 Å². The summed E-state index contributed by atoms with van der Waals surface area (Å²) in [6.07, 6.45) is 1.80. The fraction of sp³-hybridized carbons (Fsp3) is 0.294. The summed E-state index contributed by atoms with van der Waals surface area (Å²) in [5.41, 5.74) is 3.74. The molecule has 0 aliphatic carbocycles. The Hall–Kier alpha value is -1.05. The molecule has 0 saturated heterocycles. The second kappa shape index (κ2) is 6.60. The zero-order valence-corrected chi connectivity index (χ0v) is 13.1. The zero-order chi connectivity index (χ0) is 14.7. The van der Waals surface area contributed by atoms with Gasteiger partial charge >= 0.3 is 0 Å². The summed E-state index contributed by atoms with van der Waals surface area (Å²) in [6.45, 7) is 4.16. The molecule has 3 heteroatoms. The van der Waals surface area contributed by atoms with Gasteiger partial charge in [0.1, 0.15) is 5.82 Å². The lowest BCUT2D eigenvalue weighted by Gasteiger charge is -2.17. The van der Waals surface area contributed by atoms with Crippen LogP contribution < -0.4 is 0 Å². The van der Waals surface area contributed by atoms with Gasteiger partial charge in [-0.2, -0.15) is 0 Å². The first kappa shape index (κ1) is 15.3. The van der Waals surface area contributed by atoms with Crippen molar-refractivity contribution < 1.29 is 4.39 Å². The van der Waals surface area contributed by atoms with Crippen molar-refractivity contribution in [2.75, 3.05) is 0 Å². The van der Waals surface area contributed by atoms with E-state index in [1.165, 1.54) is 17.7 Å². The predicted octanol–water partition coefficient (Wildman–Crippen LogP) is 5.93. The minimum absolute atomic E-state index is 0.321. The maximum atomic E-state index is 14.0. The number of alkyl halides is 1. The van der Waals surface area contributed by atoms with Crippen LogP contribution in [0.15, 0.2) is 36.4 Å². The van der Waals surface area contributed by atoms with Crippen molar-refractivity contribution in [2.24, 2.45) is 0 Å². The maximum absolute atomic E-state index is 14.0. The molecule has 0 bridgehead atoms. The van der Waals surface area contributed by atoms with E-state index >= 15 is 0 Å². The maximum Gasteiger partial charge on any atom is 0.128 e. The van der Waals surface area contributed by atoms with E-state index in [0.29, 0.717) is 10.6 Å². The zero-order valence-electron chi connectivity index (χ0n) is 11.6. The third kappa shape index (κ3) is 3.16. The monoisotopic (exact) mass is 310 g/mol. The van der Waals surface area contributed by atoms with Crippen LogP contribution in [0.1, 0.15) is 41.5 Å². The molecule has 0 aliphatic heterocycles. The number of hydrogen-bond donors (Lipinski definition) is 0. The molecule has 0 radical (unpaired) electrons. The normalized spacial score (nSPS) is 12.4. The lowest BCUT2D eigenvalue weighted by atomic mass is 9.95. The van der Waals surface area contributed by atoms with Gasteiger partial charge in [0.2, 0.25) is 0 Å². The van der Waals surface area contributed by atoms with Gasteiger partial charge in [0.25, 0.3) is 0 Å². The SMILES string of the molecule is CCc1ccc(CC)c(C(Cl)c2cc(Cl)ccc2F)c1. The molecule has 2 rings (SSSR count). The fourth-order valence-corrected chi connectivity index (χ4v) is 2.85. The third-order valence-corrected chi connectivity index (χ3v) is 4.21. The predicted molar refractivity (Wildman–Crippen MR) is 84.3 cm³/mol. The largest absolute Gasteiger partial charge is 0.207 e. The van der Waals surface area contributed by atoms with Gasteiger partial charge in [-0.3, -0.25) is 0 Å². The van der Waals surface area contributed by atoms with E-state index < -0.39 is 5.38 Å². The molecular formula is C17H17Cl2F. The first-order chi connectivity index (χ1) is 9.56. The molecule has 2 aromatic rings. The molecule has 0 nitrogen and oxygen atoms in total. The van der Waals surface area contributed by atoms with Crippen molar-refractivity contribution in [1.29, 1.82) is 0 Å². The van der Waals surface area contributed by atoms with Gasteiger partial charge in [-0.15, -0.1) is 11.6 Å². The van der Waals surface area contributed by atoms with Crippen LogP contribution in [0.4, 0.5) is 4.39 Å². The summed E-state index contributed by atoms with van der Waals surface area (Å²) in [5.74, 6) is -0.321. The van der Waals surface area contributed by atoms with Gasteiger partial charge in [-0.05, 0) is 47.7 Å². The quantitative estimate of drug-likeness (QED) is 0.614. The van der Waals surface area contributed by atoms with E-state index in [1.807, 2.05) is 0 Å². The van der Waals surface area contributed by atoms with Gasteiger partial charge in [-0.1, -0.05) is 43.6 Å². The van der Waals surface area contributed by atoms with Crippen LogP contribution >= 0.6 is 23.2 Å². The molecule has 20 heavy (non-hydrogen) atoms. The second-order valence-corrected chi connectivity index (χ2v) is 5.64. The van der Waals surface area contributed by atoms with Crippen LogP contribution in [0.3, 0.4) is 0 Å². The molecule has 0 N–H and O–H groups in total. The molecule has 0 spiro atoms. The molecule has 0 aliphatic rings. The molecule has 0 saturated carbocycles. The highest BCUT2D eigenvalue weighted by Crippen LogP contribution is 2.35. The van der Waals surface area contributed by atoms with Crippen molar-refractivity contribution in [3.05, 3.63) is 69.5 Å². The molecule has 0 heterocycles. The van der Waals surface area contributed by atoms with E-state index in [1.54, 1.807) is 6.07 Å². The number of benzene rings is 2. The summed E-state index contributed by atoms with van der Waals surface area (Å²) < 4.78 is 14.0. The summed E-state index contributed by atoms with van der Waals surface area (Å²) in [6, 6.07) is 10.7. The van der Waals surface area contributed by atoms with Gasteiger partial charge in [0.05, 0.1) is 5.38 Å². The Morgan fingerprint density at radius 1 is 1.00 bits per heavy atom. The Morgan fingerprint density at radius 3 is 2.40 bits per heavy atom. The molecule has 106 valence electrons. The Labute approximate surface area is 129 Å². The number of halogens is 3. The van der Waals surface area contributed by atoms with Gasteiger partial charge in [0, 0.05) is 10.6 Å². The Morgan fingerprint density at radius 2 is 1.75 bits per heavy atom. The van der Waals surface area contributed by atoms with Crippen molar-refractivity contribution in [1.82, 2.24) is 0 Å². The third-order valence-electron chi connectivity index (χ3n) is 3.50. The van der Waals surface area contributed by atoms with Crippen LogP contribution in [0.2, 0.25) is 5.02 Å². The fourth-order valence-electron chi connectivity index (χ4n) is 2.30. The summed E-state index contributed by atoms with van der Waals surface area (Å²) in [7, 11) is 0. The lowest BCUT2D eigenvalue weighted by Crippen LogP contribution is -2.02. The van der Waals surface area contributed by atoms with Gasteiger partial charge in [-0.25, -0.2) is 4.39 Å². The minimum Gasteiger partial charge on any atom is -0.207 e. The Bertz CT molecular complexity index is 608. The molecule has 1 atom stereocenters. The van der Waals surface area contributed by atoms with Crippen LogP contribution in [0.5, 0.6) is 0 Å². The molecule has 0 amide bonds. The summed E-state index contributed by atoms with van der Waals surface area (Å²) in [5, 5.41) is -0.0214. The van der Waals surface area contributed by atoms with E-state index in [2.05, 4.69) is 32.0 Å². The van der Waals surface area contributed by atoms with E-state index in [4.69, 9.17) is 23.2 Å². The molecule has 0 fully saturated rings. The standard InChI is InChI=1S/C17H17Cl2F/c1-3-11-5-6-12(4-2)14(9-11)17(19)15-10-13(18)7-8-16(15)20/h5-10,17H,3-4H2,1-2H3. The summed E-state index contributed by atoms with van der Waals surface area (Å²) >= 11 is 12.5. The number of rotatable bonds is 4. The Kier molecular flexibility index (Phi) is 5.06. The van der Waals surface area contributed by atoms with Crippen LogP contribution in [0.25, 0.3) is 0 Å². The van der Waals surface area contributed by atoms with Gasteiger partial charge < -0.3 is 0 Å². The van der Waals surface area contributed by atoms with Crippen molar-refractivity contribution >= 4 is 23.2 Å². The highest BCUT2D eigenvalue weighted by Gasteiger charge is 2.18. The second-order valence-electron chi connectivity index (χ2n) is 4.77. The number of hydrogen-bond acceptors (Lipinski definition) is 0. The average Bonchev–Trinajstić information content (AvgIpc) is 2.48. The van der Waals surface area contributed by atoms with Crippen LogP contribution in [0, 0.1) is 5.82 Å². The van der Waals surface area contributed by atoms with Crippen molar-refractivity contribution in [3.63, 3.8) is 0 Å². The smallest absolute Gasteiger partial charge is 0.128 e. The van der Waals surface area contributed by atoms with E-state index in [9.17, 15) is 4.39 Å². The number of aryl methyl sites for hydroxylation is 2.